The highest BCUT2D eigenvalue weighted by atomic mass is 35.5. The van der Waals surface area contributed by atoms with E-state index in [1.807, 2.05) is 0 Å². The Morgan fingerprint density at radius 1 is 1.45 bits per heavy atom. The first-order valence-corrected chi connectivity index (χ1v) is 8.06. The van der Waals surface area contributed by atoms with E-state index in [1.165, 1.54) is 12.1 Å². The number of carboxylic acids is 1. The van der Waals surface area contributed by atoms with Crippen LogP contribution in [0.4, 0.5) is 0 Å². The van der Waals surface area contributed by atoms with Crippen LogP contribution in [0.3, 0.4) is 0 Å². The van der Waals surface area contributed by atoms with E-state index in [4.69, 9.17) is 16.7 Å². The fourth-order valence-electron chi connectivity index (χ4n) is 1.70. The Morgan fingerprint density at radius 3 is 2.50 bits per heavy atom. The minimum absolute atomic E-state index is 0.0748. The van der Waals surface area contributed by atoms with E-state index in [0.29, 0.717) is 6.42 Å². The van der Waals surface area contributed by atoms with Gasteiger partial charge in [-0.15, -0.1) is 0 Å². The molecule has 0 aliphatic carbocycles. The molecule has 5 nitrogen and oxygen atoms in total. The van der Waals surface area contributed by atoms with Gasteiger partial charge in [-0.05, 0) is 30.5 Å². The molecule has 0 saturated heterocycles. The van der Waals surface area contributed by atoms with Crippen LogP contribution in [0, 0.1) is 12.8 Å². The van der Waals surface area contributed by atoms with Crippen molar-refractivity contribution in [2.24, 2.45) is 5.92 Å². The number of hydrogen-bond donors (Lipinski definition) is 2. The maximum Gasteiger partial charge on any atom is 0.322 e. The van der Waals surface area contributed by atoms with Crippen LogP contribution in [-0.2, 0) is 14.8 Å². The molecule has 7 heteroatoms. The Kier molecular flexibility index (Phi) is 5.56. The van der Waals surface area contributed by atoms with Gasteiger partial charge in [0.1, 0.15) is 10.9 Å². The van der Waals surface area contributed by atoms with Crippen LogP contribution >= 0.6 is 11.6 Å². The Bertz CT molecular complexity index is 600. The highest BCUT2D eigenvalue weighted by Gasteiger charge is 2.30. The predicted octanol–water partition coefficient (Wildman–Crippen LogP) is 2.43. The van der Waals surface area contributed by atoms with E-state index in [-0.39, 0.29) is 15.8 Å². The number of sulfonamides is 1. The Morgan fingerprint density at radius 2 is 2.05 bits per heavy atom. The van der Waals surface area contributed by atoms with E-state index in [2.05, 4.69) is 4.72 Å². The maximum absolute atomic E-state index is 12.2. The summed E-state index contributed by atoms with van der Waals surface area (Å²) in [5, 5.41) is 9.21. The van der Waals surface area contributed by atoms with Crippen LogP contribution in [0.15, 0.2) is 23.1 Å². The molecule has 0 aliphatic heterocycles. The minimum atomic E-state index is -3.97. The second kappa shape index (κ2) is 6.56. The van der Waals surface area contributed by atoms with E-state index in [0.717, 1.165) is 5.56 Å². The number of nitrogens with one attached hydrogen (secondary N) is 1. The summed E-state index contributed by atoms with van der Waals surface area (Å²) in [6.45, 7) is 5.26. The second-order valence-corrected chi connectivity index (χ2v) is 6.85. The van der Waals surface area contributed by atoms with Gasteiger partial charge in [0, 0.05) is 0 Å². The number of rotatable bonds is 6. The molecule has 0 aliphatic rings. The predicted molar refractivity (Wildman–Crippen MR) is 77.4 cm³/mol. The van der Waals surface area contributed by atoms with Gasteiger partial charge >= 0.3 is 5.97 Å². The summed E-state index contributed by atoms with van der Waals surface area (Å²) >= 11 is 5.92. The number of aliphatic carboxylic acids is 1. The minimum Gasteiger partial charge on any atom is -0.480 e. The molecule has 2 N–H and O–H groups in total. The summed E-state index contributed by atoms with van der Waals surface area (Å²) in [6, 6.07) is 3.33. The molecule has 1 aromatic rings. The molecule has 0 fully saturated rings. The van der Waals surface area contributed by atoms with Crippen LogP contribution in [0.2, 0.25) is 5.02 Å². The van der Waals surface area contributed by atoms with Crippen molar-refractivity contribution in [3.05, 3.63) is 28.8 Å². The number of carbonyl (C=O) groups is 1. The number of benzene rings is 1. The molecular weight excluding hydrogens is 302 g/mol. The van der Waals surface area contributed by atoms with Crippen LogP contribution < -0.4 is 4.72 Å². The van der Waals surface area contributed by atoms with Crippen molar-refractivity contribution < 1.29 is 18.3 Å². The van der Waals surface area contributed by atoms with Crippen molar-refractivity contribution in [1.29, 1.82) is 0 Å². The number of hydrogen-bond acceptors (Lipinski definition) is 3. The van der Waals surface area contributed by atoms with Crippen LogP contribution in [-0.4, -0.2) is 25.5 Å². The van der Waals surface area contributed by atoms with Gasteiger partial charge in [0.2, 0.25) is 10.0 Å². The zero-order valence-electron chi connectivity index (χ0n) is 11.6. The third kappa shape index (κ3) is 3.94. The van der Waals surface area contributed by atoms with Gasteiger partial charge in [0.25, 0.3) is 0 Å². The highest BCUT2D eigenvalue weighted by Crippen LogP contribution is 2.23. The van der Waals surface area contributed by atoms with E-state index in [9.17, 15) is 13.2 Å². The fraction of sp³-hybridized carbons (Fsp3) is 0.462. The lowest BCUT2D eigenvalue weighted by molar-refractivity contribution is -0.140. The van der Waals surface area contributed by atoms with Crippen molar-refractivity contribution >= 4 is 27.6 Å². The molecule has 112 valence electrons. The lowest BCUT2D eigenvalue weighted by atomic mass is 10.0. The van der Waals surface area contributed by atoms with Crippen LogP contribution in [0.5, 0.6) is 0 Å². The van der Waals surface area contributed by atoms with Gasteiger partial charge in [-0.25, -0.2) is 8.42 Å². The second-order valence-electron chi connectivity index (χ2n) is 4.76. The summed E-state index contributed by atoms with van der Waals surface area (Å²) in [7, 11) is -3.97. The molecule has 0 spiro atoms. The maximum atomic E-state index is 12.2. The van der Waals surface area contributed by atoms with Gasteiger partial charge < -0.3 is 5.11 Å². The van der Waals surface area contributed by atoms with Crippen molar-refractivity contribution in [3.8, 4) is 0 Å². The third-order valence-electron chi connectivity index (χ3n) is 3.14. The number of carboxylic acid groups (broad SMARTS) is 1. The summed E-state index contributed by atoms with van der Waals surface area (Å²) < 4.78 is 26.7. The molecular formula is C13H18ClNO4S. The van der Waals surface area contributed by atoms with Crippen molar-refractivity contribution in [1.82, 2.24) is 4.72 Å². The van der Waals surface area contributed by atoms with E-state index < -0.39 is 22.0 Å². The first kappa shape index (κ1) is 16.9. The van der Waals surface area contributed by atoms with Gasteiger partial charge in [-0.1, -0.05) is 37.9 Å². The molecule has 0 bridgehead atoms. The molecule has 0 aromatic heterocycles. The lowest BCUT2D eigenvalue weighted by Crippen LogP contribution is -2.44. The Hall–Kier alpha value is -1.11. The molecule has 0 heterocycles. The summed E-state index contributed by atoms with van der Waals surface area (Å²) in [5.74, 6) is -1.53. The van der Waals surface area contributed by atoms with Crippen LogP contribution in [0.1, 0.15) is 25.8 Å². The van der Waals surface area contributed by atoms with E-state index in [1.54, 1.807) is 26.8 Å². The first-order valence-electron chi connectivity index (χ1n) is 6.20. The normalized spacial score (nSPS) is 14.8. The molecule has 0 saturated carbocycles. The average Bonchev–Trinajstić information content (AvgIpc) is 2.34. The number of aryl methyl sites for hydroxylation is 1. The molecule has 2 atom stereocenters. The topological polar surface area (TPSA) is 83.5 Å². The zero-order valence-corrected chi connectivity index (χ0v) is 13.1. The van der Waals surface area contributed by atoms with E-state index >= 15 is 0 Å². The highest BCUT2D eigenvalue weighted by molar-refractivity contribution is 7.89. The van der Waals surface area contributed by atoms with Gasteiger partial charge in [-0.3, -0.25) is 4.79 Å². The van der Waals surface area contributed by atoms with Crippen molar-refractivity contribution in [2.45, 2.75) is 38.1 Å². The molecule has 0 amide bonds. The Labute approximate surface area is 124 Å². The van der Waals surface area contributed by atoms with Gasteiger partial charge in [0.15, 0.2) is 0 Å². The third-order valence-corrected chi connectivity index (χ3v) is 5.06. The summed E-state index contributed by atoms with van der Waals surface area (Å²) in [5.41, 5.74) is 0.825. The lowest BCUT2D eigenvalue weighted by Gasteiger charge is -2.20. The molecule has 0 radical (unpaired) electrons. The van der Waals surface area contributed by atoms with Crippen molar-refractivity contribution in [2.75, 3.05) is 0 Å². The van der Waals surface area contributed by atoms with Gasteiger partial charge in [-0.2, -0.15) is 4.72 Å². The van der Waals surface area contributed by atoms with Gasteiger partial charge in [0.05, 0.1) is 5.02 Å². The quantitative estimate of drug-likeness (QED) is 0.843. The fourth-order valence-corrected chi connectivity index (χ4v) is 3.60. The largest absolute Gasteiger partial charge is 0.480 e. The number of halogens is 1. The summed E-state index contributed by atoms with van der Waals surface area (Å²) in [6.07, 6.45) is 0.543. The molecule has 20 heavy (non-hydrogen) atoms. The molecule has 0 unspecified atom stereocenters. The molecule has 1 aromatic carbocycles. The SMILES string of the molecule is CC[C@H](C)[C@H](NS(=O)(=O)c1ccc(C)cc1Cl)C(=O)O. The monoisotopic (exact) mass is 319 g/mol. The standard InChI is InChI=1S/C13H18ClNO4S/c1-4-9(3)12(13(16)17)15-20(18,19)11-6-5-8(2)7-10(11)14/h5-7,9,12,15H,4H2,1-3H3,(H,16,17)/t9-,12-/m0/s1. The molecule has 1 rings (SSSR count). The smallest absolute Gasteiger partial charge is 0.322 e. The average molecular weight is 320 g/mol. The van der Waals surface area contributed by atoms with Crippen molar-refractivity contribution in [3.63, 3.8) is 0 Å². The first-order chi connectivity index (χ1) is 9.19. The Balaban J connectivity index is 3.13. The summed E-state index contributed by atoms with van der Waals surface area (Å²) in [4.78, 5) is 11.1. The van der Waals surface area contributed by atoms with Crippen LogP contribution in [0.25, 0.3) is 0 Å². The zero-order chi connectivity index (χ0) is 15.5.